The van der Waals surface area contributed by atoms with Gasteiger partial charge in [0.2, 0.25) is 5.91 Å². The molecule has 0 radical (unpaired) electrons. The van der Waals surface area contributed by atoms with Crippen molar-refractivity contribution >= 4 is 46.0 Å². The van der Waals surface area contributed by atoms with Crippen molar-refractivity contribution in [2.75, 3.05) is 0 Å². The third-order valence-electron chi connectivity index (χ3n) is 4.31. The van der Waals surface area contributed by atoms with Crippen LogP contribution in [0.4, 0.5) is 0 Å². The van der Waals surface area contributed by atoms with Gasteiger partial charge in [-0.2, -0.15) is 0 Å². The second-order valence-corrected chi connectivity index (χ2v) is 7.13. The highest BCUT2D eigenvalue weighted by atomic mass is 35.5. The van der Waals surface area contributed by atoms with E-state index in [1.165, 1.54) is 4.57 Å². The number of aromatic nitrogens is 2. The van der Waals surface area contributed by atoms with Crippen LogP contribution in [0.15, 0.2) is 47.3 Å². The largest absolute Gasteiger partial charge is 0.481 e. The Morgan fingerprint density at radius 3 is 2.52 bits per heavy atom. The molecule has 0 bridgehead atoms. The number of carbonyl (C=O) groups excluding carboxylic acids is 1. The van der Waals surface area contributed by atoms with E-state index in [2.05, 4.69) is 10.3 Å². The molecule has 0 saturated heterocycles. The van der Waals surface area contributed by atoms with Gasteiger partial charge in [0.1, 0.15) is 12.4 Å². The number of carboxylic acid groups (broad SMARTS) is 1. The molecule has 3 rings (SSSR count). The summed E-state index contributed by atoms with van der Waals surface area (Å²) < 4.78 is 1.18. The zero-order valence-electron chi connectivity index (χ0n) is 15.2. The van der Waals surface area contributed by atoms with E-state index >= 15 is 0 Å². The molecule has 1 aromatic heterocycles. The smallest absolute Gasteiger partial charge is 0.303 e. The molecule has 2 aromatic carbocycles. The molecule has 2 N–H and O–H groups in total. The lowest BCUT2D eigenvalue weighted by Gasteiger charge is -2.14. The van der Waals surface area contributed by atoms with Crippen molar-refractivity contribution in [3.63, 3.8) is 0 Å². The van der Waals surface area contributed by atoms with Crippen LogP contribution in [-0.2, 0) is 29.1 Å². The molecule has 0 aliphatic rings. The van der Waals surface area contributed by atoms with Crippen LogP contribution in [-0.4, -0.2) is 26.5 Å². The van der Waals surface area contributed by atoms with Crippen LogP contribution in [0.2, 0.25) is 10.0 Å². The Labute approximate surface area is 175 Å². The van der Waals surface area contributed by atoms with Crippen molar-refractivity contribution in [1.82, 2.24) is 14.9 Å². The summed E-state index contributed by atoms with van der Waals surface area (Å²) in [5.41, 5.74) is 0.572. The lowest BCUT2D eigenvalue weighted by molar-refractivity contribution is -0.137. The van der Waals surface area contributed by atoms with Gasteiger partial charge < -0.3 is 10.4 Å². The first kappa shape index (κ1) is 20.8. The van der Waals surface area contributed by atoms with Gasteiger partial charge in [-0.1, -0.05) is 47.5 Å². The van der Waals surface area contributed by atoms with Crippen LogP contribution < -0.4 is 10.9 Å². The summed E-state index contributed by atoms with van der Waals surface area (Å²) in [7, 11) is 0. The maximum absolute atomic E-state index is 12.9. The van der Waals surface area contributed by atoms with Gasteiger partial charge in [-0.25, -0.2) is 4.98 Å². The lowest BCUT2D eigenvalue weighted by Crippen LogP contribution is -2.34. The number of nitrogens with zero attached hydrogens (tertiary/aromatic N) is 2. The molecule has 0 unspecified atom stereocenters. The van der Waals surface area contributed by atoms with Crippen LogP contribution in [0.1, 0.15) is 17.8 Å². The van der Waals surface area contributed by atoms with Crippen LogP contribution in [0.25, 0.3) is 10.9 Å². The Hall–Kier alpha value is -2.90. The van der Waals surface area contributed by atoms with E-state index in [0.717, 1.165) is 5.56 Å². The number of hydrogen-bond acceptors (Lipinski definition) is 4. The van der Waals surface area contributed by atoms with E-state index in [4.69, 9.17) is 28.3 Å². The van der Waals surface area contributed by atoms with Gasteiger partial charge in [0.15, 0.2) is 0 Å². The van der Waals surface area contributed by atoms with E-state index < -0.39 is 17.4 Å². The van der Waals surface area contributed by atoms with Crippen LogP contribution in [0.3, 0.4) is 0 Å². The Bertz CT molecular complexity index is 1140. The predicted molar refractivity (Wildman–Crippen MR) is 110 cm³/mol. The molecule has 0 saturated carbocycles. The third-order valence-corrected chi connectivity index (χ3v) is 4.99. The Morgan fingerprint density at radius 2 is 1.79 bits per heavy atom. The number of fused-ring (bicyclic) bond motifs is 1. The highest BCUT2D eigenvalue weighted by molar-refractivity contribution is 6.35. The Morgan fingerprint density at radius 1 is 1.07 bits per heavy atom. The molecule has 29 heavy (non-hydrogen) atoms. The molecule has 9 heteroatoms. The number of carbonyl (C=O) groups is 2. The molecule has 0 spiro atoms. The molecule has 0 fully saturated rings. The van der Waals surface area contributed by atoms with Gasteiger partial charge in [-0.05, 0) is 23.8 Å². The number of nitrogens with one attached hydrogen (secondary N) is 1. The van der Waals surface area contributed by atoms with Gasteiger partial charge in [0.25, 0.3) is 5.56 Å². The molecule has 150 valence electrons. The quantitative estimate of drug-likeness (QED) is 0.596. The highest BCUT2D eigenvalue weighted by Gasteiger charge is 2.16. The van der Waals surface area contributed by atoms with Crippen LogP contribution >= 0.6 is 23.2 Å². The summed E-state index contributed by atoms with van der Waals surface area (Å²) in [6.07, 6.45) is -0.243. The molecular formula is C20H17Cl2N3O4. The normalized spacial score (nSPS) is 10.8. The summed E-state index contributed by atoms with van der Waals surface area (Å²) in [4.78, 5) is 40.7. The van der Waals surface area contributed by atoms with Gasteiger partial charge in [0, 0.05) is 18.0 Å². The second kappa shape index (κ2) is 9.07. The maximum Gasteiger partial charge on any atom is 0.303 e. The number of para-hydroxylation sites is 1. The van der Waals surface area contributed by atoms with Crippen molar-refractivity contribution in [3.8, 4) is 0 Å². The van der Waals surface area contributed by atoms with Gasteiger partial charge in [-0.3, -0.25) is 19.0 Å². The van der Waals surface area contributed by atoms with Gasteiger partial charge in [0.05, 0.1) is 22.3 Å². The molecule has 0 aliphatic heterocycles. The number of aryl methyl sites for hydroxylation is 1. The van der Waals surface area contributed by atoms with E-state index in [1.54, 1.807) is 42.5 Å². The number of carboxylic acids is 1. The first-order chi connectivity index (χ1) is 13.9. The highest BCUT2D eigenvalue weighted by Crippen LogP contribution is 2.19. The molecule has 0 atom stereocenters. The van der Waals surface area contributed by atoms with Gasteiger partial charge in [-0.15, -0.1) is 0 Å². The van der Waals surface area contributed by atoms with E-state index in [0.29, 0.717) is 5.02 Å². The number of amides is 1. The number of halogens is 2. The summed E-state index contributed by atoms with van der Waals surface area (Å²) in [5, 5.41) is 12.8. The average Bonchev–Trinajstić information content (AvgIpc) is 2.69. The molecule has 1 amide bonds. The Balaban J connectivity index is 1.90. The molecular weight excluding hydrogens is 417 g/mol. The van der Waals surface area contributed by atoms with Crippen molar-refractivity contribution in [2.24, 2.45) is 0 Å². The molecule has 7 nitrogen and oxygen atoms in total. The average molecular weight is 434 g/mol. The standard InChI is InChI=1S/C20H17Cl2N3O4/c21-14-6-2-1-4-12(14)10-23-17(26)11-25-16(8-9-18(27)28)24-19-13(20(25)29)5-3-7-15(19)22/h1-7H,8-11H2,(H,23,26)(H,27,28). The summed E-state index contributed by atoms with van der Waals surface area (Å²) >= 11 is 12.2. The number of rotatable bonds is 7. The minimum Gasteiger partial charge on any atom is -0.481 e. The Kier molecular flexibility index (Phi) is 6.51. The molecule has 0 aliphatic carbocycles. The van der Waals surface area contributed by atoms with Crippen molar-refractivity contribution in [3.05, 3.63) is 74.3 Å². The minimum atomic E-state index is -1.03. The fraction of sp³-hybridized carbons (Fsp3) is 0.200. The summed E-state index contributed by atoms with van der Waals surface area (Å²) in [6, 6.07) is 11.9. The van der Waals surface area contributed by atoms with E-state index in [9.17, 15) is 14.4 Å². The van der Waals surface area contributed by atoms with Crippen molar-refractivity contribution < 1.29 is 14.7 Å². The molecule has 1 heterocycles. The predicted octanol–water partition coefficient (Wildman–Crippen LogP) is 3.04. The fourth-order valence-corrected chi connectivity index (χ4v) is 3.28. The number of benzene rings is 2. The maximum atomic E-state index is 12.9. The minimum absolute atomic E-state index is 0.0104. The fourth-order valence-electron chi connectivity index (χ4n) is 2.86. The zero-order valence-corrected chi connectivity index (χ0v) is 16.7. The van der Waals surface area contributed by atoms with Crippen molar-refractivity contribution in [1.29, 1.82) is 0 Å². The van der Waals surface area contributed by atoms with Gasteiger partial charge >= 0.3 is 5.97 Å². The first-order valence-corrected chi connectivity index (χ1v) is 9.52. The van der Waals surface area contributed by atoms with E-state index in [1.807, 2.05) is 0 Å². The summed E-state index contributed by atoms with van der Waals surface area (Å²) in [5.74, 6) is -1.27. The zero-order chi connectivity index (χ0) is 21.0. The second-order valence-electron chi connectivity index (χ2n) is 6.32. The lowest BCUT2D eigenvalue weighted by atomic mass is 10.2. The number of aliphatic carboxylic acids is 1. The number of hydrogen-bond donors (Lipinski definition) is 2. The molecule has 3 aromatic rings. The van der Waals surface area contributed by atoms with E-state index in [-0.39, 0.29) is 47.7 Å². The summed E-state index contributed by atoms with van der Waals surface area (Å²) in [6.45, 7) is -0.0990. The SMILES string of the molecule is O=C(O)CCc1nc2c(Cl)cccc2c(=O)n1CC(=O)NCc1ccccc1Cl. The third kappa shape index (κ3) is 4.93. The monoisotopic (exact) mass is 433 g/mol. The topological polar surface area (TPSA) is 101 Å². The van der Waals surface area contributed by atoms with Crippen LogP contribution in [0.5, 0.6) is 0 Å². The van der Waals surface area contributed by atoms with Crippen LogP contribution in [0, 0.1) is 0 Å². The van der Waals surface area contributed by atoms with Crippen molar-refractivity contribution in [2.45, 2.75) is 25.9 Å². The first-order valence-electron chi connectivity index (χ1n) is 8.76.